The average Bonchev–Trinajstić information content (AvgIpc) is 2.68. The number of rotatable bonds is 2. The van der Waals surface area contributed by atoms with Gasteiger partial charge in [-0.2, -0.15) is 0 Å². The Labute approximate surface area is 90.9 Å². The predicted octanol–water partition coefficient (Wildman–Crippen LogP) is -0.198. The molecule has 2 heterocycles. The largest absolute Gasteiger partial charge is 0.393 e. The summed E-state index contributed by atoms with van der Waals surface area (Å²) in [5.74, 6) is -4.11. The third kappa shape index (κ3) is 1.70. The molecule has 0 radical (unpaired) electrons. The molecule has 2 saturated heterocycles. The molecule has 0 aromatic carbocycles. The lowest BCUT2D eigenvalue weighted by Crippen LogP contribution is -2.27. The first kappa shape index (κ1) is 10.8. The van der Waals surface area contributed by atoms with E-state index in [1.165, 1.54) is 0 Å². The fourth-order valence-corrected chi connectivity index (χ4v) is 2.07. The fourth-order valence-electron chi connectivity index (χ4n) is 2.07. The molecule has 86 valence electrons. The van der Waals surface area contributed by atoms with E-state index in [2.05, 4.69) is 9.47 Å². The molecule has 0 N–H and O–H groups in total. The van der Waals surface area contributed by atoms with E-state index < -0.39 is 41.6 Å². The Bertz CT molecular complexity index is 349. The predicted molar refractivity (Wildman–Crippen MR) is 47.6 cm³/mol. The van der Waals surface area contributed by atoms with Gasteiger partial charge in [0.15, 0.2) is 0 Å². The molecule has 0 bridgehead atoms. The van der Waals surface area contributed by atoms with Crippen LogP contribution >= 0.6 is 0 Å². The van der Waals surface area contributed by atoms with E-state index in [0.717, 1.165) is 0 Å². The van der Waals surface area contributed by atoms with Gasteiger partial charge in [0.25, 0.3) is 0 Å². The van der Waals surface area contributed by atoms with E-state index in [-0.39, 0.29) is 12.8 Å². The number of esters is 4. The quantitative estimate of drug-likeness (QED) is 0.478. The molecule has 2 unspecified atom stereocenters. The Morgan fingerprint density at radius 3 is 1.56 bits per heavy atom. The minimum atomic E-state index is -0.643. The lowest BCUT2D eigenvalue weighted by molar-refractivity contribution is -0.153. The minimum Gasteiger partial charge on any atom is -0.393 e. The zero-order valence-electron chi connectivity index (χ0n) is 8.60. The van der Waals surface area contributed by atoms with Crippen molar-refractivity contribution in [1.29, 1.82) is 0 Å². The van der Waals surface area contributed by atoms with Crippen LogP contribution in [-0.4, -0.2) is 23.9 Å². The number of hydrogen-bond donors (Lipinski definition) is 0. The number of ether oxygens (including phenoxy) is 2. The standard InChI is InChI=1S/C10H10O6/c1-4(5-2-7(11)15-9(5)13)6-3-8(12)16-10(6)14/h4-6H,2-3H2,1H3. The van der Waals surface area contributed by atoms with E-state index in [1.54, 1.807) is 6.92 Å². The number of carbonyl (C=O) groups excluding carboxylic acids is 4. The van der Waals surface area contributed by atoms with Crippen LogP contribution < -0.4 is 0 Å². The van der Waals surface area contributed by atoms with E-state index in [1.807, 2.05) is 0 Å². The molecule has 0 spiro atoms. The van der Waals surface area contributed by atoms with Crippen molar-refractivity contribution >= 4 is 23.9 Å². The molecule has 2 atom stereocenters. The first-order valence-electron chi connectivity index (χ1n) is 4.98. The summed E-state index contributed by atoms with van der Waals surface area (Å²) in [4.78, 5) is 44.4. The van der Waals surface area contributed by atoms with Crippen molar-refractivity contribution in [1.82, 2.24) is 0 Å². The molecule has 0 amide bonds. The van der Waals surface area contributed by atoms with Gasteiger partial charge in [-0.1, -0.05) is 6.92 Å². The van der Waals surface area contributed by atoms with Crippen LogP contribution in [0.1, 0.15) is 19.8 Å². The smallest absolute Gasteiger partial charge is 0.317 e. The van der Waals surface area contributed by atoms with E-state index >= 15 is 0 Å². The third-order valence-electron chi connectivity index (χ3n) is 3.08. The molecular formula is C10H10O6. The van der Waals surface area contributed by atoms with Gasteiger partial charge in [-0.3, -0.25) is 19.2 Å². The summed E-state index contributed by atoms with van der Waals surface area (Å²) in [5.41, 5.74) is 0. The Kier molecular flexibility index (Phi) is 2.49. The molecule has 2 aliphatic heterocycles. The van der Waals surface area contributed by atoms with Crippen molar-refractivity contribution < 1.29 is 28.7 Å². The molecule has 6 heteroatoms. The van der Waals surface area contributed by atoms with Crippen molar-refractivity contribution in [3.63, 3.8) is 0 Å². The molecule has 0 aromatic heterocycles. The van der Waals surface area contributed by atoms with Gasteiger partial charge in [-0.25, -0.2) is 0 Å². The molecule has 2 aliphatic rings. The van der Waals surface area contributed by atoms with Crippen LogP contribution in [0, 0.1) is 17.8 Å². The van der Waals surface area contributed by atoms with E-state index in [0.29, 0.717) is 0 Å². The van der Waals surface area contributed by atoms with Crippen LogP contribution in [0.3, 0.4) is 0 Å². The minimum absolute atomic E-state index is 0.0298. The summed E-state index contributed by atoms with van der Waals surface area (Å²) in [5, 5.41) is 0. The molecule has 0 aromatic rings. The zero-order valence-corrected chi connectivity index (χ0v) is 8.60. The summed E-state index contributed by atoms with van der Waals surface area (Å²) in [6, 6.07) is 0. The van der Waals surface area contributed by atoms with Gasteiger partial charge >= 0.3 is 23.9 Å². The second-order valence-electron chi connectivity index (χ2n) is 4.07. The highest BCUT2D eigenvalue weighted by Crippen LogP contribution is 2.34. The Hall–Kier alpha value is -1.72. The van der Waals surface area contributed by atoms with Crippen LogP contribution in [-0.2, 0) is 28.7 Å². The molecule has 16 heavy (non-hydrogen) atoms. The van der Waals surface area contributed by atoms with Crippen molar-refractivity contribution in [2.24, 2.45) is 17.8 Å². The van der Waals surface area contributed by atoms with Crippen LogP contribution in [0.4, 0.5) is 0 Å². The highest BCUT2D eigenvalue weighted by atomic mass is 16.6. The number of carbonyl (C=O) groups is 4. The average molecular weight is 226 g/mol. The van der Waals surface area contributed by atoms with Gasteiger partial charge in [0, 0.05) is 0 Å². The highest BCUT2D eigenvalue weighted by molar-refractivity contribution is 5.97. The van der Waals surface area contributed by atoms with Gasteiger partial charge < -0.3 is 9.47 Å². The summed E-state index contributed by atoms with van der Waals surface area (Å²) >= 11 is 0. The Morgan fingerprint density at radius 1 is 0.938 bits per heavy atom. The van der Waals surface area contributed by atoms with Gasteiger partial charge in [-0.15, -0.1) is 0 Å². The Morgan fingerprint density at radius 2 is 1.31 bits per heavy atom. The third-order valence-corrected chi connectivity index (χ3v) is 3.08. The summed E-state index contributed by atoms with van der Waals surface area (Å²) in [7, 11) is 0. The molecule has 2 rings (SSSR count). The summed E-state index contributed by atoms with van der Waals surface area (Å²) < 4.78 is 8.80. The van der Waals surface area contributed by atoms with Crippen LogP contribution in [0.25, 0.3) is 0 Å². The van der Waals surface area contributed by atoms with Crippen LogP contribution in [0.2, 0.25) is 0 Å². The van der Waals surface area contributed by atoms with Crippen molar-refractivity contribution in [2.45, 2.75) is 19.8 Å². The second-order valence-corrected chi connectivity index (χ2v) is 4.07. The monoisotopic (exact) mass is 226 g/mol. The maximum atomic E-state index is 11.3. The Balaban J connectivity index is 2.10. The second kappa shape index (κ2) is 3.70. The lowest BCUT2D eigenvalue weighted by atomic mass is 9.81. The number of cyclic esters (lactones) is 4. The highest BCUT2D eigenvalue weighted by Gasteiger charge is 2.46. The van der Waals surface area contributed by atoms with Crippen molar-refractivity contribution in [3.05, 3.63) is 0 Å². The van der Waals surface area contributed by atoms with Gasteiger partial charge in [0.05, 0.1) is 24.7 Å². The summed E-state index contributed by atoms with van der Waals surface area (Å²) in [6.07, 6.45) is -0.0596. The molecule has 0 saturated carbocycles. The number of hydrogen-bond acceptors (Lipinski definition) is 6. The van der Waals surface area contributed by atoms with Crippen LogP contribution in [0.15, 0.2) is 0 Å². The van der Waals surface area contributed by atoms with Gasteiger partial charge in [-0.05, 0) is 5.92 Å². The van der Waals surface area contributed by atoms with E-state index in [9.17, 15) is 19.2 Å². The first-order chi connectivity index (χ1) is 7.49. The molecule has 0 aliphatic carbocycles. The normalized spacial score (nSPS) is 31.6. The van der Waals surface area contributed by atoms with Crippen molar-refractivity contribution in [2.75, 3.05) is 0 Å². The molecule has 6 nitrogen and oxygen atoms in total. The zero-order chi connectivity index (χ0) is 11.9. The van der Waals surface area contributed by atoms with Gasteiger partial charge in [0.1, 0.15) is 0 Å². The van der Waals surface area contributed by atoms with E-state index in [4.69, 9.17) is 0 Å². The van der Waals surface area contributed by atoms with Gasteiger partial charge in [0.2, 0.25) is 0 Å². The SMILES string of the molecule is CC(C1CC(=O)OC1=O)C1CC(=O)OC1=O. The molecular weight excluding hydrogens is 216 g/mol. The maximum absolute atomic E-state index is 11.3. The maximum Gasteiger partial charge on any atom is 0.317 e. The molecule has 2 fully saturated rings. The first-order valence-corrected chi connectivity index (χ1v) is 4.98. The topological polar surface area (TPSA) is 86.7 Å². The van der Waals surface area contributed by atoms with Crippen LogP contribution in [0.5, 0.6) is 0 Å². The fraction of sp³-hybridized carbons (Fsp3) is 0.600. The lowest BCUT2D eigenvalue weighted by Gasteiger charge is -2.17. The van der Waals surface area contributed by atoms with Crippen molar-refractivity contribution in [3.8, 4) is 0 Å². The summed E-state index contributed by atoms with van der Waals surface area (Å²) in [6.45, 7) is 1.65.